The number of hydrogen-bond donors (Lipinski definition) is 0. The van der Waals surface area contributed by atoms with E-state index in [9.17, 15) is 5.26 Å². The van der Waals surface area contributed by atoms with Gasteiger partial charge in [0.15, 0.2) is 0 Å². The molecule has 11 aromatic rings. The fourth-order valence-corrected chi connectivity index (χ4v) is 8.52. The summed E-state index contributed by atoms with van der Waals surface area (Å²) >= 11 is 0. The minimum Gasteiger partial charge on any atom is -0.309 e. The summed E-state index contributed by atoms with van der Waals surface area (Å²) in [5.41, 5.74) is 12.5. The second-order valence-corrected chi connectivity index (χ2v) is 13.9. The highest BCUT2D eigenvalue weighted by Gasteiger charge is 2.19. The Morgan fingerprint density at radius 2 is 1.00 bits per heavy atom. The summed E-state index contributed by atoms with van der Waals surface area (Å²) in [4.78, 5) is 5.03. The molecule has 3 aromatic heterocycles. The van der Waals surface area contributed by atoms with Gasteiger partial charge in [0.2, 0.25) is 0 Å². The van der Waals surface area contributed by atoms with Gasteiger partial charge in [-0.3, -0.25) is 0 Å². The zero-order valence-corrected chi connectivity index (χ0v) is 29.1. The van der Waals surface area contributed by atoms with Crippen molar-refractivity contribution in [2.45, 2.75) is 0 Å². The molecule has 0 spiro atoms. The van der Waals surface area contributed by atoms with Crippen molar-refractivity contribution in [1.82, 2.24) is 14.1 Å². The van der Waals surface area contributed by atoms with E-state index in [1.807, 2.05) is 30.3 Å². The van der Waals surface area contributed by atoms with Crippen molar-refractivity contribution in [2.75, 3.05) is 0 Å². The van der Waals surface area contributed by atoms with Gasteiger partial charge in [-0.1, -0.05) is 121 Å². The van der Waals surface area contributed by atoms with Crippen LogP contribution in [0.15, 0.2) is 182 Å². The molecule has 4 nitrogen and oxygen atoms in total. The Morgan fingerprint density at radius 3 is 1.80 bits per heavy atom. The van der Waals surface area contributed by atoms with E-state index in [-0.39, 0.29) is 0 Å². The maximum absolute atomic E-state index is 10.0. The number of aromatic nitrogens is 3. The van der Waals surface area contributed by atoms with Crippen molar-refractivity contribution < 1.29 is 0 Å². The van der Waals surface area contributed by atoms with Crippen LogP contribution in [0.25, 0.3) is 99.0 Å². The predicted molar refractivity (Wildman–Crippen MR) is 224 cm³/mol. The van der Waals surface area contributed by atoms with Crippen LogP contribution in [0, 0.1) is 11.3 Å². The zero-order chi connectivity index (χ0) is 35.8. The summed E-state index contributed by atoms with van der Waals surface area (Å²) in [6.07, 6.45) is 0. The Morgan fingerprint density at radius 1 is 0.407 bits per heavy atom. The van der Waals surface area contributed by atoms with Gasteiger partial charge in [0, 0.05) is 43.6 Å². The van der Waals surface area contributed by atoms with Gasteiger partial charge in [-0.05, 0) is 77.2 Å². The number of nitrogens with zero attached hydrogens (tertiary/aromatic N) is 4. The highest BCUT2D eigenvalue weighted by Crippen LogP contribution is 2.41. The predicted octanol–water partition coefficient (Wildman–Crippen LogP) is 12.8. The molecule has 3 heterocycles. The molecule has 0 radical (unpaired) electrons. The van der Waals surface area contributed by atoms with Crippen LogP contribution in [0.5, 0.6) is 0 Å². The van der Waals surface area contributed by atoms with E-state index in [0.29, 0.717) is 5.56 Å². The Labute approximate surface area is 311 Å². The van der Waals surface area contributed by atoms with Crippen LogP contribution in [0.1, 0.15) is 5.56 Å². The molecular formula is C50H30N4. The van der Waals surface area contributed by atoms with Crippen LogP contribution in [0.2, 0.25) is 0 Å². The maximum Gasteiger partial charge on any atom is 0.0999 e. The van der Waals surface area contributed by atoms with E-state index in [0.717, 1.165) is 55.3 Å². The molecule has 0 aliphatic carbocycles. The lowest BCUT2D eigenvalue weighted by Crippen LogP contribution is -1.97. The molecule has 0 unspecified atom stereocenters. The Hall–Kier alpha value is -7.48. The highest BCUT2D eigenvalue weighted by molar-refractivity contribution is 6.14. The van der Waals surface area contributed by atoms with Crippen LogP contribution in [-0.2, 0) is 0 Å². The second kappa shape index (κ2) is 11.8. The minimum absolute atomic E-state index is 0.627. The van der Waals surface area contributed by atoms with Gasteiger partial charge < -0.3 is 9.13 Å². The first-order valence-electron chi connectivity index (χ1n) is 18.2. The third-order valence-corrected chi connectivity index (χ3v) is 10.9. The van der Waals surface area contributed by atoms with E-state index in [4.69, 9.17) is 4.98 Å². The fourth-order valence-electron chi connectivity index (χ4n) is 8.52. The Bertz CT molecular complexity index is 3340. The van der Waals surface area contributed by atoms with Crippen LogP contribution in [-0.4, -0.2) is 14.1 Å². The molecule has 54 heavy (non-hydrogen) atoms. The molecule has 0 fully saturated rings. The summed E-state index contributed by atoms with van der Waals surface area (Å²) in [7, 11) is 0. The lowest BCUT2D eigenvalue weighted by molar-refractivity contribution is 1.18. The third kappa shape index (κ3) is 4.46. The van der Waals surface area contributed by atoms with Gasteiger partial charge in [0.1, 0.15) is 0 Å². The molecule has 11 rings (SSSR count). The van der Waals surface area contributed by atoms with Crippen molar-refractivity contribution in [3.05, 3.63) is 188 Å². The molecule has 0 aliphatic rings. The average Bonchev–Trinajstić information content (AvgIpc) is 3.75. The molecular weight excluding hydrogens is 657 g/mol. The zero-order valence-electron chi connectivity index (χ0n) is 29.1. The summed E-state index contributed by atoms with van der Waals surface area (Å²) in [5, 5.41) is 18.0. The number of para-hydroxylation sites is 4. The van der Waals surface area contributed by atoms with Crippen LogP contribution < -0.4 is 0 Å². The molecule has 0 aliphatic heterocycles. The lowest BCUT2D eigenvalue weighted by Gasteiger charge is -2.15. The first kappa shape index (κ1) is 30.2. The molecule has 250 valence electrons. The van der Waals surface area contributed by atoms with E-state index in [1.54, 1.807) is 0 Å². The van der Waals surface area contributed by atoms with Crippen LogP contribution in [0.3, 0.4) is 0 Å². The van der Waals surface area contributed by atoms with Crippen molar-refractivity contribution in [2.24, 2.45) is 0 Å². The monoisotopic (exact) mass is 686 g/mol. The smallest absolute Gasteiger partial charge is 0.0999 e. The van der Waals surface area contributed by atoms with Gasteiger partial charge in [0.25, 0.3) is 0 Å². The molecule has 0 N–H and O–H groups in total. The Kier molecular flexibility index (Phi) is 6.58. The minimum atomic E-state index is 0.627. The normalized spacial score (nSPS) is 11.7. The van der Waals surface area contributed by atoms with E-state index in [1.165, 1.54) is 43.7 Å². The second-order valence-electron chi connectivity index (χ2n) is 13.9. The molecule has 8 aromatic carbocycles. The number of benzene rings is 8. The topological polar surface area (TPSA) is 46.5 Å². The lowest BCUT2D eigenvalue weighted by atomic mass is 9.98. The van der Waals surface area contributed by atoms with E-state index < -0.39 is 0 Å². The number of hydrogen-bond acceptors (Lipinski definition) is 2. The number of pyridine rings is 1. The molecule has 0 saturated carbocycles. The van der Waals surface area contributed by atoms with Gasteiger partial charge in [-0.15, -0.1) is 0 Å². The number of fused-ring (bicyclic) bond motifs is 8. The SMILES string of the molecule is N#Cc1cc(-c2ccc(-n3c4ccccc4c4cc(-c5ccc6c7ccccc7n(-c7ccccc7)c6c5)ccc43)c3ccccc23)nc2ccccc12. The van der Waals surface area contributed by atoms with Crippen LogP contribution in [0.4, 0.5) is 0 Å². The van der Waals surface area contributed by atoms with Crippen molar-refractivity contribution >= 4 is 65.3 Å². The van der Waals surface area contributed by atoms with Gasteiger partial charge in [0.05, 0.1) is 50.6 Å². The quantitative estimate of drug-likeness (QED) is 0.185. The summed E-state index contributed by atoms with van der Waals surface area (Å²) < 4.78 is 4.77. The van der Waals surface area contributed by atoms with Crippen molar-refractivity contribution in [3.8, 4) is 39.8 Å². The van der Waals surface area contributed by atoms with Crippen LogP contribution >= 0.6 is 0 Å². The molecule has 0 bridgehead atoms. The highest BCUT2D eigenvalue weighted by atomic mass is 15.0. The van der Waals surface area contributed by atoms with Gasteiger partial charge >= 0.3 is 0 Å². The van der Waals surface area contributed by atoms with Gasteiger partial charge in [-0.2, -0.15) is 5.26 Å². The average molecular weight is 687 g/mol. The largest absolute Gasteiger partial charge is 0.309 e. The molecule has 0 amide bonds. The first-order chi connectivity index (χ1) is 26.7. The maximum atomic E-state index is 10.0. The fraction of sp³-hybridized carbons (Fsp3) is 0. The molecule has 0 atom stereocenters. The van der Waals surface area contributed by atoms with Gasteiger partial charge in [-0.25, -0.2) is 4.98 Å². The summed E-state index contributed by atoms with van der Waals surface area (Å²) in [5.74, 6) is 0. The summed E-state index contributed by atoms with van der Waals surface area (Å²) in [6, 6.07) is 66.8. The standard InChI is InChI=1S/C50H30N4/c51-31-34-29-45(52-44-19-9-6-14-36(34)44)38-25-27-48(39-16-5-4-15-37(38)39)54-47-21-11-8-18-41(47)43-28-32(23-26-49(43)54)33-22-24-42-40-17-7-10-20-46(40)53(50(42)30-33)35-12-2-1-3-13-35/h1-30H. The third-order valence-electron chi connectivity index (χ3n) is 10.9. The van der Waals surface area contributed by atoms with Crippen molar-refractivity contribution in [1.29, 1.82) is 5.26 Å². The number of nitriles is 1. The van der Waals surface area contributed by atoms with E-state index >= 15 is 0 Å². The van der Waals surface area contributed by atoms with E-state index in [2.05, 4.69) is 167 Å². The van der Waals surface area contributed by atoms with Crippen molar-refractivity contribution in [3.63, 3.8) is 0 Å². The molecule has 4 heteroatoms. The first-order valence-corrected chi connectivity index (χ1v) is 18.2. The molecule has 0 saturated heterocycles. The summed E-state index contributed by atoms with van der Waals surface area (Å²) in [6.45, 7) is 0. The Balaban J connectivity index is 1.10. The number of rotatable bonds is 4.